The molecular weight excluding hydrogens is 428 g/mol. The molecule has 4 rings (SSSR count). The maximum atomic E-state index is 12.8. The van der Waals surface area contributed by atoms with Crippen molar-refractivity contribution in [2.45, 2.75) is 51.5 Å². The summed E-state index contributed by atoms with van der Waals surface area (Å²) in [4.78, 5) is 32.0. The predicted octanol–water partition coefficient (Wildman–Crippen LogP) is 4.80. The minimum absolute atomic E-state index is 0.112. The lowest BCUT2D eigenvalue weighted by molar-refractivity contribution is -0.119. The molecule has 2 aromatic carbocycles. The maximum absolute atomic E-state index is 12.8. The predicted molar refractivity (Wildman–Crippen MR) is 135 cm³/mol. The van der Waals surface area contributed by atoms with Gasteiger partial charge in [-0.3, -0.25) is 14.9 Å². The Morgan fingerprint density at radius 2 is 1.91 bits per heavy atom. The van der Waals surface area contributed by atoms with Crippen LogP contribution in [-0.4, -0.2) is 42.1 Å². The van der Waals surface area contributed by atoms with E-state index in [4.69, 9.17) is 9.72 Å². The number of benzene rings is 2. The number of ether oxygens (including phenoxy) is 1. The van der Waals surface area contributed by atoms with Crippen LogP contribution in [0, 0.1) is 5.92 Å². The molecule has 1 aromatic heterocycles. The molecule has 7 nitrogen and oxygen atoms in total. The van der Waals surface area contributed by atoms with Crippen LogP contribution in [-0.2, 0) is 27.3 Å². The molecule has 0 spiro atoms. The number of nitrogens with zero attached hydrogens (tertiary/aromatic N) is 3. The molecule has 1 saturated carbocycles. The molecule has 34 heavy (non-hydrogen) atoms. The molecule has 3 aromatic rings. The highest BCUT2D eigenvalue weighted by molar-refractivity contribution is 5.96. The smallest absolute Gasteiger partial charge is 0.231 e. The first-order valence-electron chi connectivity index (χ1n) is 12.1. The minimum atomic E-state index is -0.112. The Hall–Kier alpha value is -3.19. The Morgan fingerprint density at radius 1 is 1.15 bits per heavy atom. The summed E-state index contributed by atoms with van der Waals surface area (Å²) in [7, 11) is 3.51. The number of aromatic nitrogens is 2. The number of fused-ring (bicyclic) bond motifs is 1. The molecule has 0 aliphatic heterocycles. The monoisotopic (exact) mass is 462 g/mol. The Morgan fingerprint density at radius 3 is 2.65 bits per heavy atom. The van der Waals surface area contributed by atoms with Crippen LogP contribution in [0.25, 0.3) is 11.0 Å². The number of rotatable bonds is 10. The largest absolute Gasteiger partial charge is 0.385 e. The van der Waals surface area contributed by atoms with Gasteiger partial charge in [0, 0.05) is 39.4 Å². The number of nitrogens with one attached hydrogen (secondary N) is 1. The number of anilines is 2. The number of hydrogen-bond acceptors (Lipinski definition) is 4. The average molecular weight is 463 g/mol. The van der Waals surface area contributed by atoms with Crippen LogP contribution < -0.4 is 10.2 Å². The molecule has 1 aliphatic rings. The van der Waals surface area contributed by atoms with E-state index in [9.17, 15) is 9.59 Å². The van der Waals surface area contributed by atoms with E-state index in [2.05, 4.69) is 5.32 Å². The van der Waals surface area contributed by atoms with Crippen molar-refractivity contribution in [3.05, 3.63) is 54.1 Å². The summed E-state index contributed by atoms with van der Waals surface area (Å²) in [6.45, 7) is 1.29. The third-order valence-corrected chi connectivity index (χ3v) is 6.62. The van der Waals surface area contributed by atoms with Gasteiger partial charge in [-0.2, -0.15) is 0 Å². The second-order valence-electron chi connectivity index (χ2n) is 9.12. The van der Waals surface area contributed by atoms with Crippen molar-refractivity contribution in [1.82, 2.24) is 9.55 Å². The van der Waals surface area contributed by atoms with Crippen LogP contribution in [0.5, 0.6) is 0 Å². The molecule has 180 valence electrons. The molecule has 7 heteroatoms. The van der Waals surface area contributed by atoms with Gasteiger partial charge in [-0.05, 0) is 48.9 Å². The number of carbonyl (C=O) groups is 2. The zero-order chi connectivity index (χ0) is 23.9. The highest BCUT2D eigenvalue weighted by Crippen LogP contribution is 2.30. The maximum Gasteiger partial charge on any atom is 0.231 e. The van der Waals surface area contributed by atoms with Crippen LogP contribution in [0.4, 0.5) is 11.6 Å². The fraction of sp³-hybridized carbons (Fsp3) is 0.444. The van der Waals surface area contributed by atoms with Crippen molar-refractivity contribution < 1.29 is 14.3 Å². The van der Waals surface area contributed by atoms with E-state index in [1.165, 1.54) is 12.8 Å². The highest BCUT2D eigenvalue weighted by Gasteiger charge is 2.22. The summed E-state index contributed by atoms with van der Waals surface area (Å²) in [5.41, 5.74) is 3.45. The number of hydrogen-bond donors (Lipinski definition) is 1. The molecule has 1 heterocycles. The lowest BCUT2D eigenvalue weighted by atomic mass is 10.0. The van der Waals surface area contributed by atoms with E-state index in [0.29, 0.717) is 31.4 Å². The van der Waals surface area contributed by atoms with Gasteiger partial charge in [-0.1, -0.05) is 43.2 Å². The number of aryl methyl sites for hydroxylation is 1. The standard InChI is InChI=1S/C27H34N4O3/c1-30(26(33)18-21-11-6-7-12-21)22-13-14-24-23(19-22)28-27(31(24)15-8-16-34-2)29-25(32)17-20-9-4-3-5-10-20/h3-5,9-10,13-14,19,21H,6-8,11-12,15-18H2,1-2H3,(H,28,29,32). The van der Waals surface area contributed by atoms with E-state index in [1.54, 1.807) is 12.0 Å². The van der Waals surface area contributed by atoms with Gasteiger partial charge in [0.15, 0.2) is 0 Å². The summed E-state index contributed by atoms with van der Waals surface area (Å²) in [6, 6.07) is 15.5. The summed E-state index contributed by atoms with van der Waals surface area (Å²) in [5.74, 6) is 1.05. The van der Waals surface area contributed by atoms with E-state index in [0.717, 1.165) is 41.5 Å². The van der Waals surface area contributed by atoms with Crippen LogP contribution in [0.1, 0.15) is 44.1 Å². The second kappa shape index (κ2) is 11.3. The van der Waals surface area contributed by atoms with E-state index >= 15 is 0 Å². The van der Waals surface area contributed by atoms with Crippen LogP contribution >= 0.6 is 0 Å². The van der Waals surface area contributed by atoms with Crippen LogP contribution in [0.3, 0.4) is 0 Å². The molecule has 0 unspecified atom stereocenters. The molecule has 0 saturated heterocycles. The Labute approximate surface area is 201 Å². The SMILES string of the molecule is COCCCn1c(NC(=O)Cc2ccccc2)nc2cc(N(C)C(=O)CC3CCCC3)ccc21. The third kappa shape index (κ3) is 5.83. The fourth-order valence-corrected chi connectivity index (χ4v) is 4.71. The minimum Gasteiger partial charge on any atom is -0.385 e. The Kier molecular flexibility index (Phi) is 7.95. The number of carbonyl (C=O) groups excluding carboxylic acids is 2. The number of amides is 2. The van der Waals surface area contributed by atoms with E-state index in [-0.39, 0.29) is 18.2 Å². The lowest BCUT2D eigenvalue weighted by Gasteiger charge is -2.19. The normalized spacial score (nSPS) is 13.9. The van der Waals surface area contributed by atoms with Gasteiger partial charge >= 0.3 is 0 Å². The van der Waals surface area contributed by atoms with Gasteiger partial charge in [-0.25, -0.2) is 4.98 Å². The molecule has 0 atom stereocenters. The summed E-state index contributed by atoms with van der Waals surface area (Å²) in [5, 5.41) is 2.99. The summed E-state index contributed by atoms with van der Waals surface area (Å²) < 4.78 is 7.23. The Bertz CT molecular complexity index is 1120. The van der Waals surface area contributed by atoms with Crippen molar-refractivity contribution >= 4 is 34.5 Å². The van der Waals surface area contributed by atoms with Crippen molar-refractivity contribution in [1.29, 1.82) is 0 Å². The van der Waals surface area contributed by atoms with Crippen molar-refractivity contribution in [3.8, 4) is 0 Å². The lowest BCUT2D eigenvalue weighted by Crippen LogP contribution is -2.27. The molecule has 1 N–H and O–H groups in total. The first-order valence-corrected chi connectivity index (χ1v) is 12.1. The van der Waals surface area contributed by atoms with Crippen molar-refractivity contribution in [3.63, 3.8) is 0 Å². The van der Waals surface area contributed by atoms with Crippen molar-refractivity contribution in [2.24, 2.45) is 5.92 Å². The second-order valence-corrected chi connectivity index (χ2v) is 9.12. The third-order valence-electron chi connectivity index (χ3n) is 6.62. The summed E-state index contributed by atoms with van der Waals surface area (Å²) in [6.07, 6.45) is 6.43. The van der Waals surface area contributed by atoms with Gasteiger partial charge < -0.3 is 14.2 Å². The molecule has 1 fully saturated rings. The first kappa shape index (κ1) is 24.0. The van der Waals surface area contributed by atoms with Crippen molar-refractivity contribution in [2.75, 3.05) is 31.0 Å². The van der Waals surface area contributed by atoms with Gasteiger partial charge in [0.1, 0.15) is 0 Å². The number of imidazole rings is 1. The summed E-state index contributed by atoms with van der Waals surface area (Å²) >= 11 is 0. The van der Waals surface area contributed by atoms with Gasteiger partial charge in [-0.15, -0.1) is 0 Å². The van der Waals surface area contributed by atoms with E-state index in [1.807, 2.05) is 60.1 Å². The quantitative estimate of drug-likeness (QED) is 0.439. The topological polar surface area (TPSA) is 76.5 Å². The van der Waals surface area contributed by atoms with Gasteiger partial charge in [0.2, 0.25) is 17.8 Å². The van der Waals surface area contributed by atoms with Crippen LogP contribution in [0.15, 0.2) is 48.5 Å². The first-order chi connectivity index (χ1) is 16.5. The molecule has 2 amide bonds. The zero-order valence-corrected chi connectivity index (χ0v) is 20.1. The molecule has 0 radical (unpaired) electrons. The molecule has 1 aliphatic carbocycles. The fourth-order valence-electron chi connectivity index (χ4n) is 4.71. The molecular formula is C27H34N4O3. The molecule has 0 bridgehead atoms. The number of methoxy groups -OCH3 is 1. The van der Waals surface area contributed by atoms with Crippen LogP contribution in [0.2, 0.25) is 0 Å². The average Bonchev–Trinajstić information content (AvgIpc) is 3.46. The Balaban J connectivity index is 1.54. The van der Waals surface area contributed by atoms with E-state index < -0.39 is 0 Å². The highest BCUT2D eigenvalue weighted by atomic mass is 16.5. The van der Waals surface area contributed by atoms with Gasteiger partial charge in [0.05, 0.1) is 17.5 Å². The van der Waals surface area contributed by atoms with Gasteiger partial charge in [0.25, 0.3) is 0 Å². The zero-order valence-electron chi connectivity index (χ0n) is 20.1.